The number of unbranched alkanes of at least 4 members (excludes halogenated alkanes) is 3. The molecule has 0 radical (unpaired) electrons. The molecule has 1 unspecified atom stereocenters. The van der Waals surface area contributed by atoms with Gasteiger partial charge < -0.3 is 5.32 Å². The van der Waals surface area contributed by atoms with Crippen molar-refractivity contribution in [3.05, 3.63) is 11.9 Å². The smallest absolute Gasteiger partial charge is 0.0753 e. The molecule has 17 heavy (non-hydrogen) atoms. The molecule has 1 rings (SSSR count). The normalized spacial score (nSPS) is 12.9. The highest BCUT2D eigenvalue weighted by Gasteiger charge is 2.14. The van der Waals surface area contributed by atoms with Crippen LogP contribution in [0.15, 0.2) is 6.20 Å². The van der Waals surface area contributed by atoms with E-state index in [0.717, 1.165) is 13.0 Å². The Balaban J connectivity index is 2.46. The van der Waals surface area contributed by atoms with Gasteiger partial charge in [0.2, 0.25) is 0 Å². The van der Waals surface area contributed by atoms with Gasteiger partial charge in [0.15, 0.2) is 0 Å². The maximum absolute atomic E-state index is 4.02. The van der Waals surface area contributed by atoms with Crippen LogP contribution in [0.5, 0.6) is 0 Å². The zero-order valence-corrected chi connectivity index (χ0v) is 11.4. The van der Waals surface area contributed by atoms with Crippen LogP contribution in [-0.2, 0) is 7.05 Å². The molecule has 1 aromatic rings. The molecular weight excluding hydrogens is 212 g/mol. The van der Waals surface area contributed by atoms with Crippen molar-refractivity contribution in [2.45, 2.75) is 58.4 Å². The Morgan fingerprint density at radius 2 is 2.06 bits per heavy atom. The van der Waals surface area contributed by atoms with Crippen molar-refractivity contribution < 1.29 is 0 Å². The second-order valence-corrected chi connectivity index (χ2v) is 4.64. The van der Waals surface area contributed by atoms with Crippen LogP contribution in [-0.4, -0.2) is 21.5 Å². The molecule has 4 heteroatoms. The Hall–Kier alpha value is -0.900. The average molecular weight is 238 g/mol. The average Bonchev–Trinajstić information content (AvgIpc) is 2.75. The summed E-state index contributed by atoms with van der Waals surface area (Å²) in [4.78, 5) is 0. The molecule has 1 aromatic heterocycles. The van der Waals surface area contributed by atoms with Crippen molar-refractivity contribution in [1.29, 1.82) is 0 Å². The van der Waals surface area contributed by atoms with Crippen molar-refractivity contribution in [3.63, 3.8) is 0 Å². The van der Waals surface area contributed by atoms with E-state index in [-0.39, 0.29) is 0 Å². The lowest BCUT2D eigenvalue weighted by Gasteiger charge is -2.18. The van der Waals surface area contributed by atoms with Crippen LogP contribution < -0.4 is 5.32 Å². The maximum Gasteiger partial charge on any atom is 0.0753 e. The highest BCUT2D eigenvalue weighted by Crippen LogP contribution is 2.18. The zero-order chi connectivity index (χ0) is 12.5. The lowest BCUT2D eigenvalue weighted by molar-refractivity contribution is 0.445. The van der Waals surface area contributed by atoms with Gasteiger partial charge in [-0.3, -0.25) is 4.68 Å². The summed E-state index contributed by atoms with van der Waals surface area (Å²) in [6.45, 7) is 5.50. The quantitative estimate of drug-likeness (QED) is 0.673. The molecule has 0 fully saturated rings. The predicted molar refractivity (Wildman–Crippen MR) is 70.8 cm³/mol. The molecule has 1 atom stereocenters. The number of nitrogens with zero attached hydrogens (tertiary/aromatic N) is 3. The fourth-order valence-corrected chi connectivity index (χ4v) is 2.06. The Bertz CT molecular complexity index is 295. The van der Waals surface area contributed by atoms with Gasteiger partial charge in [0.1, 0.15) is 0 Å². The topological polar surface area (TPSA) is 42.7 Å². The van der Waals surface area contributed by atoms with E-state index in [4.69, 9.17) is 0 Å². The first-order valence-electron chi connectivity index (χ1n) is 6.87. The largest absolute Gasteiger partial charge is 0.309 e. The first-order valence-corrected chi connectivity index (χ1v) is 6.87. The van der Waals surface area contributed by atoms with Crippen LogP contribution in [0.4, 0.5) is 0 Å². The first kappa shape index (κ1) is 14.2. The van der Waals surface area contributed by atoms with Gasteiger partial charge in [-0.05, 0) is 19.4 Å². The lowest BCUT2D eigenvalue weighted by Crippen LogP contribution is -2.24. The lowest BCUT2D eigenvalue weighted by atomic mass is 10.0. The molecule has 0 aliphatic carbocycles. The minimum atomic E-state index is 0.409. The van der Waals surface area contributed by atoms with E-state index < -0.39 is 0 Å². The SMILES string of the molecule is CCCCCCC(NCCC)c1cnnn1C. The fraction of sp³-hybridized carbons (Fsp3) is 0.846. The molecule has 0 saturated heterocycles. The zero-order valence-electron chi connectivity index (χ0n) is 11.4. The van der Waals surface area contributed by atoms with Crippen LogP contribution in [0, 0.1) is 0 Å². The Labute approximate surface area is 105 Å². The minimum absolute atomic E-state index is 0.409. The van der Waals surface area contributed by atoms with E-state index in [1.165, 1.54) is 37.8 Å². The number of hydrogen-bond donors (Lipinski definition) is 1. The molecule has 0 amide bonds. The first-order chi connectivity index (χ1) is 8.29. The molecule has 0 saturated carbocycles. The number of nitrogens with one attached hydrogen (secondary N) is 1. The Kier molecular flexibility index (Phi) is 6.86. The fourth-order valence-electron chi connectivity index (χ4n) is 2.06. The van der Waals surface area contributed by atoms with Crippen molar-refractivity contribution in [2.75, 3.05) is 6.54 Å². The van der Waals surface area contributed by atoms with Crippen LogP contribution in [0.3, 0.4) is 0 Å². The molecule has 0 aromatic carbocycles. The van der Waals surface area contributed by atoms with Crippen molar-refractivity contribution >= 4 is 0 Å². The van der Waals surface area contributed by atoms with E-state index in [0.29, 0.717) is 6.04 Å². The van der Waals surface area contributed by atoms with Gasteiger partial charge in [-0.1, -0.05) is 44.7 Å². The molecule has 1 heterocycles. The second kappa shape index (κ2) is 8.23. The van der Waals surface area contributed by atoms with Gasteiger partial charge in [-0.15, -0.1) is 5.10 Å². The molecule has 0 spiro atoms. The van der Waals surface area contributed by atoms with Gasteiger partial charge in [-0.25, -0.2) is 0 Å². The Morgan fingerprint density at radius 3 is 2.65 bits per heavy atom. The van der Waals surface area contributed by atoms with E-state index in [9.17, 15) is 0 Å². The van der Waals surface area contributed by atoms with E-state index in [1.807, 2.05) is 17.9 Å². The summed E-state index contributed by atoms with van der Waals surface area (Å²) in [5.41, 5.74) is 1.20. The summed E-state index contributed by atoms with van der Waals surface area (Å²) < 4.78 is 1.88. The van der Waals surface area contributed by atoms with Gasteiger partial charge in [0, 0.05) is 7.05 Å². The Morgan fingerprint density at radius 1 is 1.24 bits per heavy atom. The number of rotatable bonds is 9. The maximum atomic E-state index is 4.02. The van der Waals surface area contributed by atoms with E-state index in [2.05, 4.69) is 29.5 Å². The molecule has 0 aliphatic heterocycles. The van der Waals surface area contributed by atoms with E-state index in [1.54, 1.807) is 0 Å². The second-order valence-electron chi connectivity index (χ2n) is 4.64. The van der Waals surface area contributed by atoms with Crippen molar-refractivity contribution in [3.8, 4) is 0 Å². The van der Waals surface area contributed by atoms with Gasteiger partial charge in [-0.2, -0.15) is 0 Å². The molecule has 0 bridgehead atoms. The third-order valence-electron chi connectivity index (χ3n) is 3.09. The predicted octanol–water partition coefficient (Wildman–Crippen LogP) is 2.83. The van der Waals surface area contributed by atoms with Crippen LogP contribution >= 0.6 is 0 Å². The van der Waals surface area contributed by atoms with Gasteiger partial charge in [0.05, 0.1) is 17.9 Å². The van der Waals surface area contributed by atoms with Crippen molar-refractivity contribution in [1.82, 2.24) is 20.3 Å². The molecule has 1 N–H and O–H groups in total. The highest BCUT2D eigenvalue weighted by molar-refractivity contribution is 5.01. The third-order valence-corrected chi connectivity index (χ3v) is 3.09. The van der Waals surface area contributed by atoms with Crippen LogP contribution in [0.2, 0.25) is 0 Å². The van der Waals surface area contributed by atoms with Crippen LogP contribution in [0.25, 0.3) is 0 Å². The summed E-state index contributed by atoms with van der Waals surface area (Å²) in [5.74, 6) is 0. The summed E-state index contributed by atoms with van der Waals surface area (Å²) >= 11 is 0. The van der Waals surface area contributed by atoms with Crippen molar-refractivity contribution in [2.24, 2.45) is 7.05 Å². The molecule has 0 aliphatic rings. The number of aryl methyl sites for hydroxylation is 1. The standard InChI is InChI=1S/C13H26N4/c1-4-6-7-8-9-12(14-10-5-2)13-11-15-16-17(13)3/h11-12,14H,4-10H2,1-3H3. The van der Waals surface area contributed by atoms with Gasteiger partial charge in [0.25, 0.3) is 0 Å². The monoisotopic (exact) mass is 238 g/mol. The minimum Gasteiger partial charge on any atom is -0.309 e. The van der Waals surface area contributed by atoms with E-state index >= 15 is 0 Å². The third kappa shape index (κ3) is 4.86. The van der Waals surface area contributed by atoms with Gasteiger partial charge >= 0.3 is 0 Å². The summed E-state index contributed by atoms with van der Waals surface area (Å²) in [7, 11) is 1.97. The molecule has 4 nitrogen and oxygen atoms in total. The summed E-state index contributed by atoms with van der Waals surface area (Å²) in [6.07, 6.45) is 9.46. The molecular formula is C13H26N4. The number of aromatic nitrogens is 3. The summed E-state index contributed by atoms with van der Waals surface area (Å²) in [6, 6.07) is 0.409. The number of hydrogen-bond acceptors (Lipinski definition) is 3. The summed E-state index contributed by atoms with van der Waals surface area (Å²) in [5, 5.41) is 11.6. The van der Waals surface area contributed by atoms with Crippen LogP contribution in [0.1, 0.15) is 64.1 Å². The molecule has 98 valence electrons. The highest BCUT2D eigenvalue weighted by atomic mass is 15.4.